The minimum atomic E-state index is -1.26. The van der Waals surface area contributed by atoms with Crippen molar-refractivity contribution in [3.05, 3.63) is 59.7 Å². The smallest absolute Gasteiger partial charge is 0.328 e. The van der Waals surface area contributed by atoms with Gasteiger partial charge in [-0.25, -0.2) is 14.6 Å². The molecular formula is C20H21N3O6. The van der Waals surface area contributed by atoms with Crippen LogP contribution in [0.25, 0.3) is 0 Å². The number of aliphatic carboxylic acids is 2. The van der Waals surface area contributed by atoms with Gasteiger partial charge in [-0.1, -0.05) is 12.1 Å². The summed E-state index contributed by atoms with van der Waals surface area (Å²) in [6.07, 6.45) is 5.06. The van der Waals surface area contributed by atoms with Gasteiger partial charge in [-0.15, -0.1) is 0 Å². The molecule has 1 amide bonds. The van der Waals surface area contributed by atoms with E-state index in [2.05, 4.69) is 15.3 Å². The second-order valence-electron chi connectivity index (χ2n) is 6.37. The summed E-state index contributed by atoms with van der Waals surface area (Å²) in [4.78, 5) is 50.4. The van der Waals surface area contributed by atoms with Gasteiger partial charge < -0.3 is 20.5 Å². The van der Waals surface area contributed by atoms with Crippen LogP contribution in [0.5, 0.6) is 0 Å². The zero-order valence-corrected chi connectivity index (χ0v) is 15.7. The molecule has 0 saturated carbocycles. The first-order chi connectivity index (χ1) is 13.8. The predicted molar refractivity (Wildman–Crippen MR) is 104 cm³/mol. The monoisotopic (exact) mass is 399 g/mol. The fourth-order valence-electron chi connectivity index (χ4n) is 2.90. The molecule has 1 unspecified atom stereocenters. The molecular weight excluding hydrogens is 378 g/mol. The van der Waals surface area contributed by atoms with Gasteiger partial charge in [-0.2, -0.15) is 0 Å². The Morgan fingerprint density at radius 3 is 2.41 bits per heavy atom. The van der Waals surface area contributed by atoms with Crippen molar-refractivity contribution in [2.45, 2.75) is 26.2 Å². The van der Waals surface area contributed by atoms with Crippen LogP contribution in [0, 0.1) is 5.92 Å². The molecule has 2 aromatic rings. The topological polar surface area (TPSA) is 149 Å². The third kappa shape index (κ3) is 6.42. The molecule has 9 nitrogen and oxygen atoms in total. The van der Waals surface area contributed by atoms with Gasteiger partial charge in [0, 0.05) is 35.7 Å². The number of nitrogens with one attached hydrogen (secondary N) is 2. The van der Waals surface area contributed by atoms with Gasteiger partial charge in [0.05, 0.1) is 17.7 Å². The number of carbonyl (C=O) groups is 4. The SMILES string of the molecule is CC(=O)c1ccccc1NC(=O)C1CCc2nc[nH]c2C1.O=C(O)/C=C/C(=O)O. The average molecular weight is 399 g/mol. The Morgan fingerprint density at radius 1 is 1.14 bits per heavy atom. The van der Waals surface area contributed by atoms with Gasteiger partial charge in [0.1, 0.15) is 0 Å². The van der Waals surface area contributed by atoms with E-state index in [1.807, 2.05) is 6.07 Å². The molecule has 1 atom stereocenters. The average Bonchev–Trinajstić information content (AvgIpc) is 3.15. The second kappa shape index (κ2) is 9.98. The van der Waals surface area contributed by atoms with Crippen molar-refractivity contribution >= 4 is 29.3 Å². The van der Waals surface area contributed by atoms with Crippen LogP contribution in [0.2, 0.25) is 0 Å². The van der Waals surface area contributed by atoms with Crippen molar-refractivity contribution in [3.63, 3.8) is 0 Å². The molecule has 0 spiro atoms. The van der Waals surface area contributed by atoms with Crippen molar-refractivity contribution in [1.82, 2.24) is 9.97 Å². The van der Waals surface area contributed by atoms with Crippen LogP contribution in [0.3, 0.4) is 0 Å². The minimum Gasteiger partial charge on any atom is -0.478 e. The number of aryl methyl sites for hydroxylation is 1. The van der Waals surface area contributed by atoms with E-state index in [-0.39, 0.29) is 17.6 Å². The van der Waals surface area contributed by atoms with Crippen LogP contribution in [-0.2, 0) is 27.2 Å². The molecule has 1 aromatic carbocycles. The van der Waals surface area contributed by atoms with E-state index in [0.29, 0.717) is 29.8 Å². The van der Waals surface area contributed by atoms with Crippen molar-refractivity contribution in [2.24, 2.45) is 5.92 Å². The molecule has 4 N–H and O–H groups in total. The molecule has 1 aromatic heterocycles. The summed E-state index contributed by atoms with van der Waals surface area (Å²) in [5.74, 6) is -2.69. The number of hydrogen-bond donors (Lipinski definition) is 4. The molecule has 9 heteroatoms. The Morgan fingerprint density at radius 2 is 1.79 bits per heavy atom. The second-order valence-corrected chi connectivity index (χ2v) is 6.37. The minimum absolute atomic E-state index is 0.0380. The number of nitrogens with zero attached hydrogens (tertiary/aromatic N) is 1. The Kier molecular flexibility index (Phi) is 7.41. The third-order valence-corrected chi connectivity index (χ3v) is 4.29. The van der Waals surface area contributed by atoms with Crippen molar-refractivity contribution in [2.75, 3.05) is 5.32 Å². The number of carboxylic acid groups (broad SMARTS) is 2. The summed E-state index contributed by atoms with van der Waals surface area (Å²) >= 11 is 0. The number of Topliss-reactive ketones (excluding diaryl/α,β-unsaturated/α-hetero) is 1. The zero-order chi connectivity index (χ0) is 21.4. The standard InChI is InChI=1S/C16H17N3O2.C4H4O4/c1-10(20)12-4-2-3-5-13(12)19-16(21)11-6-7-14-15(8-11)18-9-17-14;5-3(6)1-2-4(7)8/h2-5,9,11H,6-8H2,1H3,(H,17,18)(H,19,21);1-2H,(H,5,6)(H,7,8)/b;2-1+. The number of carbonyl (C=O) groups excluding carboxylic acids is 2. The molecule has 0 aliphatic heterocycles. The van der Waals surface area contributed by atoms with E-state index in [9.17, 15) is 19.2 Å². The normalized spacial score (nSPS) is 15.0. The Hall–Kier alpha value is -3.75. The zero-order valence-electron chi connectivity index (χ0n) is 15.7. The quantitative estimate of drug-likeness (QED) is 0.444. The van der Waals surface area contributed by atoms with Crippen LogP contribution < -0.4 is 5.32 Å². The molecule has 29 heavy (non-hydrogen) atoms. The summed E-state index contributed by atoms with van der Waals surface area (Å²) < 4.78 is 0. The highest BCUT2D eigenvalue weighted by Crippen LogP contribution is 2.25. The Labute approximate surface area is 166 Å². The Bertz CT molecular complexity index is 931. The first kappa shape index (κ1) is 21.5. The molecule has 0 fully saturated rings. The van der Waals surface area contributed by atoms with E-state index in [0.717, 1.165) is 24.2 Å². The number of carboxylic acids is 2. The number of hydrogen-bond acceptors (Lipinski definition) is 5. The largest absolute Gasteiger partial charge is 0.478 e. The van der Waals surface area contributed by atoms with Gasteiger partial charge in [-0.05, 0) is 31.9 Å². The summed E-state index contributed by atoms with van der Waals surface area (Å²) in [5.41, 5.74) is 3.23. The van der Waals surface area contributed by atoms with Gasteiger partial charge in [0.2, 0.25) is 5.91 Å². The summed E-state index contributed by atoms with van der Waals surface area (Å²) in [5, 5.41) is 18.5. The maximum atomic E-state index is 12.4. The van der Waals surface area contributed by atoms with Crippen molar-refractivity contribution in [1.29, 1.82) is 0 Å². The predicted octanol–water partition coefficient (Wildman–Crippen LogP) is 2.07. The van der Waals surface area contributed by atoms with Crippen molar-refractivity contribution < 1.29 is 29.4 Å². The van der Waals surface area contributed by atoms with Crippen LogP contribution in [0.15, 0.2) is 42.7 Å². The molecule has 1 aliphatic rings. The fraction of sp³-hybridized carbons (Fsp3) is 0.250. The highest BCUT2D eigenvalue weighted by Gasteiger charge is 2.26. The number of ketones is 1. The number of rotatable bonds is 5. The molecule has 3 rings (SSSR count). The molecule has 0 saturated heterocycles. The molecule has 1 heterocycles. The number of aromatic amines is 1. The molecule has 152 valence electrons. The van der Waals surface area contributed by atoms with Crippen LogP contribution >= 0.6 is 0 Å². The van der Waals surface area contributed by atoms with Gasteiger partial charge >= 0.3 is 11.9 Å². The third-order valence-electron chi connectivity index (χ3n) is 4.29. The number of imidazole rings is 1. The van der Waals surface area contributed by atoms with Crippen LogP contribution in [0.1, 0.15) is 35.1 Å². The molecule has 0 radical (unpaired) electrons. The number of amides is 1. The number of anilines is 1. The van der Waals surface area contributed by atoms with E-state index < -0.39 is 11.9 Å². The number of H-pyrrole nitrogens is 1. The molecule has 0 bridgehead atoms. The lowest BCUT2D eigenvalue weighted by atomic mass is 9.89. The van der Waals surface area contributed by atoms with E-state index in [4.69, 9.17) is 10.2 Å². The Balaban J connectivity index is 0.000000321. The van der Waals surface area contributed by atoms with E-state index in [1.165, 1.54) is 6.92 Å². The van der Waals surface area contributed by atoms with Gasteiger partial charge in [-0.3, -0.25) is 9.59 Å². The summed E-state index contributed by atoms with van der Waals surface area (Å²) in [6.45, 7) is 1.50. The highest BCUT2D eigenvalue weighted by atomic mass is 16.4. The first-order valence-corrected chi connectivity index (χ1v) is 8.83. The highest BCUT2D eigenvalue weighted by molar-refractivity contribution is 6.04. The van der Waals surface area contributed by atoms with Crippen molar-refractivity contribution in [3.8, 4) is 0 Å². The van der Waals surface area contributed by atoms with Gasteiger partial charge in [0.25, 0.3) is 0 Å². The number of fused-ring (bicyclic) bond motifs is 1. The lowest BCUT2D eigenvalue weighted by Crippen LogP contribution is -2.28. The first-order valence-electron chi connectivity index (χ1n) is 8.83. The summed E-state index contributed by atoms with van der Waals surface area (Å²) in [6, 6.07) is 7.10. The number of para-hydroxylation sites is 1. The van der Waals surface area contributed by atoms with Crippen LogP contribution in [-0.4, -0.2) is 43.8 Å². The number of benzene rings is 1. The van der Waals surface area contributed by atoms with E-state index in [1.54, 1.807) is 24.5 Å². The molecule has 1 aliphatic carbocycles. The lowest BCUT2D eigenvalue weighted by molar-refractivity contribution is -0.134. The number of aromatic nitrogens is 2. The maximum absolute atomic E-state index is 12.4. The lowest BCUT2D eigenvalue weighted by Gasteiger charge is -2.21. The van der Waals surface area contributed by atoms with Gasteiger partial charge in [0.15, 0.2) is 5.78 Å². The fourth-order valence-corrected chi connectivity index (χ4v) is 2.90. The van der Waals surface area contributed by atoms with Crippen LogP contribution in [0.4, 0.5) is 5.69 Å². The summed E-state index contributed by atoms with van der Waals surface area (Å²) in [7, 11) is 0. The van der Waals surface area contributed by atoms with E-state index >= 15 is 0 Å². The maximum Gasteiger partial charge on any atom is 0.328 e.